The van der Waals surface area contributed by atoms with Crippen LogP contribution >= 0.6 is 11.6 Å². The van der Waals surface area contributed by atoms with Crippen LogP contribution in [0.25, 0.3) is 0 Å². The first-order valence-electron chi connectivity index (χ1n) is 9.05. The molecule has 1 aliphatic rings. The Balaban J connectivity index is 1.62. The van der Waals surface area contributed by atoms with Crippen molar-refractivity contribution < 1.29 is 14.6 Å². The summed E-state index contributed by atoms with van der Waals surface area (Å²) in [7, 11) is 0. The number of aromatic nitrogens is 2. The Bertz CT molecular complexity index is 792. The summed E-state index contributed by atoms with van der Waals surface area (Å²) < 4.78 is 5.87. The molecule has 7 heteroatoms. The van der Waals surface area contributed by atoms with Crippen LogP contribution in [0, 0.1) is 13.8 Å². The Morgan fingerprint density at radius 3 is 2.67 bits per heavy atom. The third-order valence-corrected chi connectivity index (χ3v) is 5.50. The second-order valence-electron chi connectivity index (χ2n) is 7.12. The predicted octanol–water partition coefficient (Wildman–Crippen LogP) is 3.18. The molecule has 1 aromatic heterocycles. The van der Waals surface area contributed by atoms with E-state index in [9.17, 15) is 9.90 Å². The van der Waals surface area contributed by atoms with Crippen molar-refractivity contribution in [3.05, 3.63) is 52.6 Å². The molecule has 2 heterocycles. The number of hydrogen-bond donors (Lipinski definition) is 1. The number of ether oxygens (including phenoxy) is 1. The molecule has 0 spiro atoms. The molecule has 27 heavy (non-hydrogen) atoms. The van der Waals surface area contributed by atoms with Gasteiger partial charge in [0.15, 0.2) is 0 Å². The Morgan fingerprint density at radius 1 is 1.26 bits per heavy atom. The first-order chi connectivity index (χ1) is 12.9. The number of amides is 1. The first kappa shape index (κ1) is 19.6. The summed E-state index contributed by atoms with van der Waals surface area (Å²) in [5, 5.41) is 11.7. The van der Waals surface area contributed by atoms with Gasteiger partial charge in [-0.25, -0.2) is 4.98 Å². The van der Waals surface area contributed by atoms with Crippen molar-refractivity contribution in [3.63, 3.8) is 0 Å². The zero-order chi connectivity index (χ0) is 19.4. The Kier molecular flexibility index (Phi) is 5.97. The van der Waals surface area contributed by atoms with Crippen molar-refractivity contribution >= 4 is 17.5 Å². The molecule has 3 rings (SSSR count). The van der Waals surface area contributed by atoms with Gasteiger partial charge in [0.1, 0.15) is 23.7 Å². The molecule has 1 amide bonds. The number of benzene rings is 1. The second-order valence-corrected chi connectivity index (χ2v) is 7.50. The lowest BCUT2D eigenvalue weighted by atomic mass is 9.96. The molecule has 1 saturated heterocycles. The third-order valence-electron chi connectivity index (χ3n) is 4.90. The lowest BCUT2D eigenvalue weighted by Crippen LogP contribution is -2.38. The van der Waals surface area contributed by atoms with Gasteiger partial charge in [-0.1, -0.05) is 11.6 Å². The van der Waals surface area contributed by atoms with Gasteiger partial charge in [0, 0.05) is 30.5 Å². The van der Waals surface area contributed by atoms with E-state index in [4.69, 9.17) is 16.3 Å². The fourth-order valence-electron chi connectivity index (χ4n) is 3.30. The number of nitrogens with zero attached hydrogens (tertiary/aromatic N) is 3. The van der Waals surface area contributed by atoms with E-state index in [0.717, 1.165) is 16.1 Å². The highest BCUT2D eigenvalue weighted by Gasteiger charge is 2.33. The third kappa shape index (κ3) is 4.76. The van der Waals surface area contributed by atoms with Crippen LogP contribution < -0.4 is 4.74 Å². The fourth-order valence-corrected chi connectivity index (χ4v) is 3.41. The van der Waals surface area contributed by atoms with E-state index in [-0.39, 0.29) is 12.5 Å². The smallest absolute Gasteiger partial charge is 0.274 e. The molecular weight excluding hydrogens is 366 g/mol. The van der Waals surface area contributed by atoms with E-state index < -0.39 is 5.60 Å². The van der Waals surface area contributed by atoms with E-state index in [0.29, 0.717) is 43.8 Å². The number of hydrogen-bond acceptors (Lipinski definition) is 5. The molecular formula is C20H24ClN3O3. The normalized spacial score (nSPS) is 20.2. The van der Waals surface area contributed by atoms with Crippen molar-refractivity contribution in [3.8, 4) is 5.75 Å². The van der Waals surface area contributed by atoms with Crippen LogP contribution in [-0.2, 0) is 0 Å². The molecule has 1 fully saturated rings. The van der Waals surface area contributed by atoms with E-state index in [2.05, 4.69) is 9.97 Å². The van der Waals surface area contributed by atoms with Crippen LogP contribution in [0.3, 0.4) is 0 Å². The van der Waals surface area contributed by atoms with E-state index in [1.807, 2.05) is 26.0 Å². The number of aliphatic hydroxyl groups is 1. The van der Waals surface area contributed by atoms with Crippen LogP contribution in [0.5, 0.6) is 5.75 Å². The van der Waals surface area contributed by atoms with Gasteiger partial charge in [-0.3, -0.25) is 9.78 Å². The minimum absolute atomic E-state index is 0.155. The summed E-state index contributed by atoms with van der Waals surface area (Å²) in [6.07, 6.45) is 6.23. The highest BCUT2D eigenvalue weighted by molar-refractivity contribution is 6.32. The van der Waals surface area contributed by atoms with Gasteiger partial charge in [0.25, 0.3) is 5.91 Å². The largest absolute Gasteiger partial charge is 0.491 e. The average Bonchev–Trinajstić information content (AvgIpc) is 2.87. The van der Waals surface area contributed by atoms with Gasteiger partial charge in [0.2, 0.25) is 0 Å². The molecule has 144 valence electrons. The number of halogens is 1. The van der Waals surface area contributed by atoms with Gasteiger partial charge in [-0.15, -0.1) is 0 Å². The van der Waals surface area contributed by atoms with Crippen LogP contribution in [0.15, 0.2) is 30.7 Å². The Hall–Kier alpha value is -2.18. The van der Waals surface area contributed by atoms with Crippen LogP contribution in [0.4, 0.5) is 0 Å². The first-order valence-corrected chi connectivity index (χ1v) is 9.43. The molecule has 1 unspecified atom stereocenters. The topological polar surface area (TPSA) is 75.6 Å². The van der Waals surface area contributed by atoms with Gasteiger partial charge >= 0.3 is 0 Å². The maximum atomic E-state index is 12.5. The molecule has 0 saturated carbocycles. The molecule has 1 aliphatic heterocycles. The van der Waals surface area contributed by atoms with E-state index in [1.165, 1.54) is 18.6 Å². The van der Waals surface area contributed by atoms with Crippen LogP contribution in [0.2, 0.25) is 5.02 Å². The minimum atomic E-state index is -0.973. The molecule has 0 bridgehead atoms. The lowest BCUT2D eigenvalue weighted by Gasteiger charge is -2.27. The highest BCUT2D eigenvalue weighted by Crippen LogP contribution is 2.28. The van der Waals surface area contributed by atoms with Gasteiger partial charge < -0.3 is 14.7 Å². The zero-order valence-corrected chi connectivity index (χ0v) is 16.4. The van der Waals surface area contributed by atoms with E-state index >= 15 is 0 Å². The summed E-state index contributed by atoms with van der Waals surface area (Å²) >= 11 is 6.19. The van der Waals surface area contributed by atoms with Crippen molar-refractivity contribution in [2.75, 3.05) is 19.7 Å². The summed E-state index contributed by atoms with van der Waals surface area (Å²) in [6, 6.07) is 3.75. The molecule has 1 N–H and O–H groups in total. The van der Waals surface area contributed by atoms with Gasteiger partial charge in [-0.2, -0.15) is 0 Å². The Labute approximate surface area is 164 Å². The molecule has 0 aliphatic carbocycles. The molecule has 0 radical (unpaired) electrons. The average molecular weight is 390 g/mol. The Morgan fingerprint density at radius 2 is 2.00 bits per heavy atom. The second kappa shape index (κ2) is 8.23. The van der Waals surface area contributed by atoms with Crippen molar-refractivity contribution in [1.82, 2.24) is 14.9 Å². The summed E-state index contributed by atoms with van der Waals surface area (Å²) in [4.78, 5) is 22.3. The number of rotatable bonds is 4. The molecule has 6 nitrogen and oxygen atoms in total. The quantitative estimate of drug-likeness (QED) is 0.869. The van der Waals surface area contributed by atoms with Crippen molar-refractivity contribution in [2.24, 2.45) is 0 Å². The van der Waals surface area contributed by atoms with Gasteiger partial charge in [0.05, 0.1) is 6.20 Å². The fraction of sp³-hybridized carbons (Fsp3) is 0.450. The molecule has 1 atom stereocenters. The highest BCUT2D eigenvalue weighted by atomic mass is 35.5. The predicted molar refractivity (Wildman–Crippen MR) is 103 cm³/mol. The summed E-state index contributed by atoms with van der Waals surface area (Å²) in [6.45, 7) is 5.07. The zero-order valence-electron chi connectivity index (χ0n) is 15.6. The van der Waals surface area contributed by atoms with Crippen LogP contribution in [0.1, 0.15) is 40.9 Å². The summed E-state index contributed by atoms with van der Waals surface area (Å²) in [5.74, 6) is 0.539. The maximum absolute atomic E-state index is 12.5. The molecule has 1 aromatic carbocycles. The number of aryl methyl sites for hydroxylation is 2. The standard InChI is InChI=1S/C20H24ClN3O3/c1-14-10-16(11-15(2)18(14)21)27-13-20(26)4-3-8-24(9-5-20)19(25)17-12-22-6-7-23-17/h6-7,10-12,26H,3-5,8-9,13H2,1-2H3. The van der Waals surface area contributed by atoms with E-state index in [1.54, 1.807) is 4.90 Å². The lowest BCUT2D eigenvalue weighted by molar-refractivity contribution is -0.0163. The summed E-state index contributed by atoms with van der Waals surface area (Å²) in [5.41, 5.74) is 1.24. The SMILES string of the molecule is Cc1cc(OCC2(O)CCCN(C(=O)c3cnccn3)CC2)cc(C)c1Cl. The molecule has 2 aromatic rings. The maximum Gasteiger partial charge on any atom is 0.274 e. The van der Waals surface area contributed by atoms with Crippen molar-refractivity contribution in [1.29, 1.82) is 0 Å². The van der Waals surface area contributed by atoms with Gasteiger partial charge in [-0.05, 0) is 56.4 Å². The monoisotopic (exact) mass is 389 g/mol. The van der Waals surface area contributed by atoms with Crippen LogP contribution in [-0.4, -0.2) is 51.2 Å². The number of carbonyl (C=O) groups excluding carboxylic acids is 1. The number of likely N-dealkylation sites (tertiary alicyclic amines) is 1. The minimum Gasteiger partial charge on any atom is -0.491 e. The number of carbonyl (C=O) groups is 1. The van der Waals surface area contributed by atoms with Crippen molar-refractivity contribution in [2.45, 2.75) is 38.7 Å².